The van der Waals surface area contributed by atoms with Gasteiger partial charge < -0.3 is 4.42 Å². The molecule has 0 aliphatic carbocycles. The number of aryl methyl sites for hydroxylation is 1. The van der Waals surface area contributed by atoms with E-state index in [1.165, 1.54) is 17.3 Å². The fraction of sp³-hybridized carbons (Fsp3) is 0.125. The van der Waals surface area contributed by atoms with Crippen molar-refractivity contribution in [1.29, 1.82) is 0 Å². The van der Waals surface area contributed by atoms with Crippen molar-refractivity contribution in [1.82, 2.24) is 15.2 Å². The highest BCUT2D eigenvalue weighted by atomic mass is 32.2. The SMILES string of the molecule is Cc1ccc(SCC(=O)Nc2nnc(-c3cccnc3)o2)cc1. The number of carbonyl (C=O) groups is 1. The van der Waals surface area contributed by atoms with Crippen molar-refractivity contribution >= 4 is 23.7 Å². The summed E-state index contributed by atoms with van der Waals surface area (Å²) in [5.74, 6) is 0.393. The molecule has 7 heteroatoms. The van der Waals surface area contributed by atoms with Gasteiger partial charge >= 0.3 is 6.01 Å². The van der Waals surface area contributed by atoms with Gasteiger partial charge in [-0.2, -0.15) is 0 Å². The largest absolute Gasteiger partial charge is 0.403 e. The van der Waals surface area contributed by atoms with Crippen LogP contribution in [0.25, 0.3) is 11.5 Å². The van der Waals surface area contributed by atoms with Gasteiger partial charge in [0.15, 0.2) is 0 Å². The first-order valence-electron chi connectivity index (χ1n) is 6.94. The number of thioether (sulfide) groups is 1. The Hall–Kier alpha value is -2.67. The number of rotatable bonds is 5. The highest BCUT2D eigenvalue weighted by Crippen LogP contribution is 2.20. The molecule has 2 aromatic heterocycles. The first-order chi connectivity index (χ1) is 11.2. The van der Waals surface area contributed by atoms with Gasteiger partial charge in [-0.25, -0.2) is 0 Å². The van der Waals surface area contributed by atoms with Gasteiger partial charge in [-0.15, -0.1) is 16.9 Å². The third-order valence-corrected chi connectivity index (χ3v) is 3.98. The van der Waals surface area contributed by atoms with E-state index in [1.54, 1.807) is 24.5 Å². The lowest BCUT2D eigenvalue weighted by atomic mass is 10.2. The molecular weight excluding hydrogens is 312 g/mol. The highest BCUT2D eigenvalue weighted by Gasteiger charge is 2.11. The lowest BCUT2D eigenvalue weighted by Gasteiger charge is -2.01. The number of nitrogens with one attached hydrogen (secondary N) is 1. The molecule has 2 heterocycles. The van der Waals surface area contributed by atoms with E-state index < -0.39 is 0 Å². The normalized spacial score (nSPS) is 10.5. The van der Waals surface area contributed by atoms with Crippen molar-refractivity contribution in [3.8, 4) is 11.5 Å². The van der Waals surface area contributed by atoms with Crippen LogP contribution in [-0.4, -0.2) is 26.8 Å². The molecule has 6 nitrogen and oxygen atoms in total. The second kappa shape index (κ2) is 7.06. The second-order valence-corrected chi connectivity index (χ2v) is 5.85. The minimum Gasteiger partial charge on any atom is -0.403 e. The van der Waals surface area contributed by atoms with Crippen LogP contribution in [0.3, 0.4) is 0 Å². The fourth-order valence-electron chi connectivity index (χ4n) is 1.82. The average molecular weight is 326 g/mol. The number of aromatic nitrogens is 3. The molecule has 1 aromatic carbocycles. The Labute approximate surface area is 137 Å². The van der Waals surface area contributed by atoms with Crippen molar-refractivity contribution in [2.24, 2.45) is 0 Å². The Morgan fingerprint density at radius 3 is 2.78 bits per heavy atom. The van der Waals surface area contributed by atoms with Crippen LogP contribution in [0.15, 0.2) is 58.1 Å². The van der Waals surface area contributed by atoms with Crippen LogP contribution in [0.4, 0.5) is 6.01 Å². The number of hydrogen-bond donors (Lipinski definition) is 1. The summed E-state index contributed by atoms with van der Waals surface area (Å²) in [6, 6.07) is 11.7. The van der Waals surface area contributed by atoms with Crippen LogP contribution in [0.2, 0.25) is 0 Å². The first-order valence-corrected chi connectivity index (χ1v) is 7.92. The zero-order chi connectivity index (χ0) is 16.1. The van der Waals surface area contributed by atoms with E-state index in [0.717, 1.165) is 4.90 Å². The number of anilines is 1. The van der Waals surface area contributed by atoms with E-state index in [2.05, 4.69) is 20.5 Å². The summed E-state index contributed by atoms with van der Waals surface area (Å²) in [4.78, 5) is 16.9. The Kier molecular flexibility index (Phi) is 4.68. The number of benzene rings is 1. The zero-order valence-corrected chi connectivity index (χ0v) is 13.2. The summed E-state index contributed by atoms with van der Waals surface area (Å²) >= 11 is 1.45. The predicted octanol–water partition coefficient (Wildman–Crippen LogP) is 3.17. The van der Waals surface area contributed by atoms with Crippen molar-refractivity contribution in [2.45, 2.75) is 11.8 Å². The molecular formula is C16H14N4O2S. The Bertz CT molecular complexity index is 787. The Morgan fingerprint density at radius 1 is 1.22 bits per heavy atom. The van der Waals surface area contributed by atoms with Crippen molar-refractivity contribution in [3.63, 3.8) is 0 Å². The third-order valence-electron chi connectivity index (χ3n) is 2.97. The quantitative estimate of drug-likeness (QED) is 0.725. The molecule has 1 amide bonds. The molecule has 0 aliphatic rings. The molecule has 0 radical (unpaired) electrons. The van der Waals surface area contributed by atoms with Gasteiger partial charge in [0, 0.05) is 17.3 Å². The Balaban J connectivity index is 1.56. The van der Waals surface area contributed by atoms with Gasteiger partial charge in [0.1, 0.15) is 0 Å². The maximum Gasteiger partial charge on any atom is 0.322 e. The number of nitrogens with zero attached hydrogens (tertiary/aromatic N) is 3. The van der Waals surface area contributed by atoms with Gasteiger partial charge in [-0.1, -0.05) is 22.8 Å². The monoisotopic (exact) mass is 326 g/mol. The van der Waals surface area contributed by atoms with Crippen LogP contribution in [0.1, 0.15) is 5.56 Å². The van der Waals surface area contributed by atoms with E-state index >= 15 is 0 Å². The van der Waals surface area contributed by atoms with Gasteiger partial charge in [0.2, 0.25) is 5.91 Å². The van der Waals surface area contributed by atoms with Gasteiger partial charge in [-0.3, -0.25) is 15.1 Å². The summed E-state index contributed by atoms with van der Waals surface area (Å²) in [7, 11) is 0. The standard InChI is InChI=1S/C16H14N4O2S/c1-11-4-6-13(7-5-11)23-10-14(21)18-16-20-19-15(22-16)12-3-2-8-17-9-12/h2-9H,10H2,1H3,(H,18,20,21). The lowest BCUT2D eigenvalue weighted by molar-refractivity contribution is -0.113. The van der Waals surface area contributed by atoms with Crippen molar-refractivity contribution in [3.05, 3.63) is 54.4 Å². The van der Waals surface area contributed by atoms with Gasteiger partial charge in [0.25, 0.3) is 5.89 Å². The molecule has 0 atom stereocenters. The molecule has 1 N–H and O–H groups in total. The lowest BCUT2D eigenvalue weighted by Crippen LogP contribution is -2.14. The summed E-state index contributed by atoms with van der Waals surface area (Å²) in [5, 5.41) is 10.3. The van der Waals surface area contributed by atoms with E-state index in [4.69, 9.17) is 4.42 Å². The topological polar surface area (TPSA) is 80.9 Å². The molecule has 0 unspecified atom stereocenters. The molecule has 0 saturated heterocycles. The maximum absolute atomic E-state index is 11.9. The van der Waals surface area contributed by atoms with Crippen LogP contribution in [-0.2, 0) is 4.79 Å². The molecule has 0 aliphatic heterocycles. The molecule has 3 rings (SSSR count). The van der Waals surface area contributed by atoms with Gasteiger partial charge in [-0.05, 0) is 31.2 Å². The van der Waals surface area contributed by atoms with Crippen molar-refractivity contribution in [2.75, 3.05) is 11.1 Å². The van der Waals surface area contributed by atoms with Crippen LogP contribution in [0.5, 0.6) is 0 Å². The van der Waals surface area contributed by atoms with Crippen molar-refractivity contribution < 1.29 is 9.21 Å². The summed E-state index contributed by atoms with van der Waals surface area (Å²) in [5.41, 5.74) is 1.89. The smallest absolute Gasteiger partial charge is 0.322 e. The van der Waals surface area contributed by atoms with Crippen LogP contribution in [0, 0.1) is 6.92 Å². The summed E-state index contributed by atoms with van der Waals surface area (Å²) in [6.45, 7) is 2.02. The first kappa shape index (κ1) is 15.2. The molecule has 0 saturated carbocycles. The summed E-state index contributed by atoms with van der Waals surface area (Å²) < 4.78 is 5.40. The maximum atomic E-state index is 11.9. The van der Waals surface area contributed by atoms with E-state index in [1.807, 2.05) is 31.2 Å². The van der Waals surface area contributed by atoms with Crippen LogP contribution < -0.4 is 5.32 Å². The Morgan fingerprint density at radius 2 is 2.04 bits per heavy atom. The third kappa shape index (κ3) is 4.17. The highest BCUT2D eigenvalue weighted by molar-refractivity contribution is 8.00. The molecule has 23 heavy (non-hydrogen) atoms. The molecule has 3 aromatic rings. The molecule has 0 spiro atoms. The van der Waals surface area contributed by atoms with E-state index in [-0.39, 0.29) is 17.7 Å². The molecule has 0 bridgehead atoms. The fourth-order valence-corrected chi connectivity index (χ4v) is 2.52. The zero-order valence-electron chi connectivity index (χ0n) is 12.4. The summed E-state index contributed by atoms with van der Waals surface area (Å²) in [6.07, 6.45) is 3.28. The number of hydrogen-bond acceptors (Lipinski definition) is 6. The molecule has 116 valence electrons. The van der Waals surface area contributed by atoms with Gasteiger partial charge in [0.05, 0.1) is 11.3 Å². The number of pyridine rings is 1. The van der Waals surface area contributed by atoms with Crippen LogP contribution >= 0.6 is 11.8 Å². The predicted molar refractivity (Wildman–Crippen MR) is 88.1 cm³/mol. The van der Waals surface area contributed by atoms with E-state index in [9.17, 15) is 4.79 Å². The minimum absolute atomic E-state index is 0.0818. The van der Waals surface area contributed by atoms with E-state index in [0.29, 0.717) is 11.5 Å². The number of amides is 1. The molecule has 0 fully saturated rings. The second-order valence-electron chi connectivity index (χ2n) is 4.80. The average Bonchev–Trinajstić information content (AvgIpc) is 3.04. The number of carbonyl (C=O) groups excluding carboxylic acids is 1. The minimum atomic E-state index is -0.197.